The fourth-order valence-corrected chi connectivity index (χ4v) is 4.46. The Kier molecular flexibility index (Phi) is 5.74. The topological polar surface area (TPSA) is 61.8 Å². The molecule has 0 saturated carbocycles. The molecule has 0 bridgehead atoms. The number of nitrogens with one attached hydrogen (secondary N) is 1. The Bertz CT molecular complexity index is 1220. The van der Waals surface area contributed by atoms with Crippen LogP contribution in [0.15, 0.2) is 72.9 Å². The molecule has 0 spiro atoms. The van der Waals surface area contributed by atoms with E-state index in [0.717, 1.165) is 0 Å². The highest BCUT2D eigenvalue weighted by molar-refractivity contribution is 5.76. The van der Waals surface area contributed by atoms with Gasteiger partial charge in [0.05, 0.1) is 12.1 Å². The molecule has 0 aliphatic carbocycles. The van der Waals surface area contributed by atoms with Crippen LogP contribution < -0.4 is 0 Å². The summed E-state index contributed by atoms with van der Waals surface area (Å²) in [6, 6.07) is 16.7. The second kappa shape index (κ2) is 8.26. The molecule has 0 aliphatic heterocycles. The van der Waals surface area contributed by atoms with Crippen molar-refractivity contribution in [3.63, 3.8) is 0 Å². The molecule has 172 valence electrons. The summed E-state index contributed by atoms with van der Waals surface area (Å²) in [5.41, 5.74) is -3.26. The lowest BCUT2D eigenvalue weighted by atomic mass is 9.68. The molecule has 0 radical (unpaired) electrons. The predicted molar refractivity (Wildman–Crippen MR) is 117 cm³/mol. The molecule has 2 unspecified atom stereocenters. The van der Waals surface area contributed by atoms with Gasteiger partial charge in [0, 0.05) is 11.1 Å². The summed E-state index contributed by atoms with van der Waals surface area (Å²) in [6.45, 7) is 3.13. The van der Waals surface area contributed by atoms with E-state index in [1.54, 1.807) is 62.4 Å². The Morgan fingerprint density at radius 2 is 1.70 bits per heavy atom. The molecule has 2 heterocycles. The lowest BCUT2D eigenvalue weighted by Crippen LogP contribution is -2.53. The van der Waals surface area contributed by atoms with E-state index in [1.807, 2.05) is 0 Å². The van der Waals surface area contributed by atoms with Crippen molar-refractivity contribution in [1.29, 1.82) is 0 Å². The van der Waals surface area contributed by atoms with Crippen molar-refractivity contribution in [2.75, 3.05) is 0 Å². The quantitative estimate of drug-likeness (QED) is 0.355. The van der Waals surface area contributed by atoms with Gasteiger partial charge in [-0.2, -0.15) is 18.3 Å². The molecular formula is C25H23F4N3O. The summed E-state index contributed by atoms with van der Waals surface area (Å²) in [5.74, 6) is -2.04. The number of fused-ring (bicyclic) bond motifs is 1. The van der Waals surface area contributed by atoms with Gasteiger partial charge in [-0.15, -0.1) is 5.10 Å². The van der Waals surface area contributed by atoms with Crippen LogP contribution in [0, 0.1) is 5.82 Å². The Morgan fingerprint density at radius 3 is 2.33 bits per heavy atom. The third-order valence-electron chi connectivity index (χ3n) is 6.06. The number of aromatic nitrogens is 3. The summed E-state index contributed by atoms with van der Waals surface area (Å²) in [7, 11) is 0. The van der Waals surface area contributed by atoms with Gasteiger partial charge < -0.3 is 10.1 Å². The molecule has 2 aromatic carbocycles. The molecule has 2 atom stereocenters. The summed E-state index contributed by atoms with van der Waals surface area (Å²) < 4.78 is 58.1. The highest BCUT2D eigenvalue weighted by Gasteiger charge is 2.61. The first-order chi connectivity index (χ1) is 15.5. The smallest absolute Gasteiger partial charge is 0.380 e. The Balaban J connectivity index is 1.90. The van der Waals surface area contributed by atoms with Crippen LogP contribution in [0.3, 0.4) is 0 Å². The van der Waals surface area contributed by atoms with Gasteiger partial charge in [0.2, 0.25) is 0 Å². The lowest BCUT2D eigenvalue weighted by molar-refractivity contribution is -0.272. The van der Waals surface area contributed by atoms with Crippen LogP contribution in [-0.4, -0.2) is 32.1 Å². The number of benzene rings is 2. The average Bonchev–Trinajstić information content (AvgIpc) is 3.17. The third kappa shape index (κ3) is 4.35. The highest BCUT2D eigenvalue weighted by Crippen LogP contribution is 2.51. The Morgan fingerprint density at radius 1 is 0.970 bits per heavy atom. The van der Waals surface area contributed by atoms with Crippen LogP contribution in [0.4, 0.5) is 17.6 Å². The average molecular weight is 457 g/mol. The van der Waals surface area contributed by atoms with E-state index in [1.165, 1.54) is 24.4 Å². The number of hydrogen-bond donors (Lipinski definition) is 2. The van der Waals surface area contributed by atoms with Crippen molar-refractivity contribution in [2.24, 2.45) is 0 Å². The molecule has 0 aliphatic rings. The van der Waals surface area contributed by atoms with Crippen LogP contribution in [-0.2, 0) is 5.41 Å². The molecular weight excluding hydrogens is 434 g/mol. The number of aromatic amines is 1. The molecule has 33 heavy (non-hydrogen) atoms. The lowest BCUT2D eigenvalue weighted by Gasteiger charge is -2.42. The molecule has 2 aromatic heterocycles. The molecule has 4 nitrogen and oxygen atoms in total. The zero-order chi connectivity index (χ0) is 23.9. The summed E-state index contributed by atoms with van der Waals surface area (Å²) in [4.78, 5) is 2.91. The van der Waals surface area contributed by atoms with Crippen molar-refractivity contribution < 1.29 is 22.7 Å². The number of alkyl halides is 3. The van der Waals surface area contributed by atoms with E-state index >= 15 is 0 Å². The van der Waals surface area contributed by atoms with E-state index in [-0.39, 0.29) is 11.3 Å². The fourth-order valence-electron chi connectivity index (χ4n) is 4.46. The maximum atomic E-state index is 14.7. The first-order valence-electron chi connectivity index (χ1n) is 10.4. The summed E-state index contributed by atoms with van der Waals surface area (Å²) >= 11 is 0. The van der Waals surface area contributed by atoms with Crippen molar-refractivity contribution in [3.05, 3.63) is 95.6 Å². The summed E-state index contributed by atoms with van der Waals surface area (Å²) in [5, 5.41) is 19.8. The fraction of sp³-hybridized carbons (Fsp3) is 0.280. The summed E-state index contributed by atoms with van der Waals surface area (Å²) in [6.07, 6.45) is -4.25. The van der Waals surface area contributed by atoms with E-state index < -0.39 is 35.3 Å². The highest BCUT2D eigenvalue weighted by atomic mass is 19.4. The molecule has 2 N–H and O–H groups in total. The van der Waals surface area contributed by atoms with Crippen molar-refractivity contribution in [1.82, 2.24) is 15.2 Å². The second-order valence-corrected chi connectivity index (χ2v) is 8.90. The predicted octanol–water partition coefficient (Wildman–Crippen LogP) is 5.89. The van der Waals surface area contributed by atoms with Crippen LogP contribution in [0.1, 0.15) is 43.0 Å². The van der Waals surface area contributed by atoms with Crippen LogP contribution in [0.5, 0.6) is 0 Å². The second-order valence-electron chi connectivity index (χ2n) is 8.90. The SMILES string of the molecule is CC(C)(CC(O)(C(c1ccccc1)c1cc2ccnnc2[nH]1)C(F)(F)F)c1cccc(F)c1. The number of hydrogen-bond acceptors (Lipinski definition) is 3. The molecule has 4 rings (SSSR count). The maximum absolute atomic E-state index is 14.7. The van der Waals surface area contributed by atoms with Crippen LogP contribution in [0.25, 0.3) is 11.0 Å². The normalized spacial score (nSPS) is 15.4. The minimum absolute atomic E-state index is 0.159. The van der Waals surface area contributed by atoms with Gasteiger partial charge in [0.15, 0.2) is 11.2 Å². The van der Waals surface area contributed by atoms with E-state index in [2.05, 4.69) is 15.2 Å². The monoisotopic (exact) mass is 457 g/mol. The van der Waals surface area contributed by atoms with Crippen molar-refractivity contribution in [2.45, 2.75) is 43.4 Å². The molecule has 4 aromatic rings. The van der Waals surface area contributed by atoms with Gasteiger partial charge in [-0.1, -0.05) is 56.3 Å². The molecule has 0 fully saturated rings. The van der Waals surface area contributed by atoms with Crippen LogP contribution >= 0.6 is 0 Å². The van der Waals surface area contributed by atoms with Gasteiger partial charge in [-0.25, -0.2) is 4.39 Å². The van der Waals surface area contributed by atoms with Gasteiger partial charge in [0.25, 0.3) is 0 Å². The Labute approximate surface area is 188 Å². The zero-order valence-electron chi connectivity index (χ0n) is 18.1. The van der Waals surface area contributed by atoms with Gasteiger partial charge >= 0.3 is 6.18 Å². The number of halogens is 4. The number of nitrogens with zero attached hydrogens (tertiary/aromatic N) is 2. The molecule has 8 heteroatoms. The zero-order valence-corrected chi connectivity index (χ0v) is 18.1. The van der Waals surface area contributed by atoms with Gasteiger partial charge in [-0.3, -0.25) is 0 Å². The van der Waals surface area contributed by atoms with Gasteiger partial charge in [-0.05, 0) is 47.2 Å². The van der Waals surface area contributed by atoms with E-state index in [0.29, 0.717) is 16.6 Å². The largest absolute Gasteiger partial charge is 0.418 e. The molecule has 0 amide bonds. The Hall–Kier alpha value is -3.26. The third-order valence-corrected chi connectivity index (χ3v) is 6.06. The minimum atomic E-state index is -5.00. The first kappa shape index (κ1) is 22.9. The van der Waals surface area contributed by atoms with E-state index in [4.69, 9.17) is 0 Å². The number of aliphatic hydroxyl groups is 1. The van der Waals surface area contributed by atoms with E-state index in [9.17, 15) is 22.7 Å². The molecule has 0 saturated heterocycles. The number of H-pyrrole nitrogens is 1. The van der Waals surface area contributed by atoms with Crippen molar-refractivity contribution in [3.8, 4) is 0 Å². The standard InChI is InChI=1S/C25H23F4N3O/c1-23(2,18-9-6-10-19(26)14-18)15-24(33,25(27,28)29)21(16-7-4-3-5-8-16)20-13-17-11-12-30-32-22(17)31-20/h3-14,21,33H,15H2,1-2H3,(H,31,32). The van der Waals surface area contributed by atoms with Gasteiger partial charge in [0.1, 0.15) is 5.82 Å². The first-order valence-corrected chi connectivity index (χ1v) is 10.4. The van der Waals surface area contributed by atoms with Crippen LogP contribution in [0.2, 0.25) is 0 Å². The minimum Gasteiger partial charge on any atom is -0.380 e. The number of rotatable bonds is 6. The maximum Gasteiger partial charge on any atom is 0.418 e. The van der Waals surface area contributed by atoms with Crippen molar-refractivity contribution >= 4 is 11.0 Å².